The van der Waals surface area contributed by atoms with Gasteiger partial charge in [-0.3, -0.25) is 0 Å². The van der Waals surface area contributed by atoms with Crippen molar-refractivity contribution in [2.24, 2.45) is 0 Å². The number of hydrogen-bond donors (Lipinski definition) is 0. The van der Waals surface area contributed by atoms with Crippen molar-refractivity contribution in [3.63, 3.8) is 0 Å². The summed E-state index contributed by atoms with van der Waals surface area (Å²) in [4.78, 5) is 0. The number of rotatable bonds is 16. The normalized spacial score (nSPS) is 18.0. The predicted molar refractivity (Wildman–Crippen MR) is 306 cm³/mol. The Morgan fingerprint density at radius 2 is 0.744 bits per heavy atom. The summed E-state index contributed by atoms with van der Waals surface area (Å²) in [5, 5.41) is 3.73. The Kier molecular flexibility index (Phi) is 51.4. The summed E-state index contributed by atoms with van der Waals surface area (Å²) in [5.74, 6) is 0. The van der Waals surface area contributed by atoms with Crippen molar-refractivity contribution in [2.45, 2.75) is 13.8 Å². The average Bonchev–Trinajstić information content (AvgIpc) is 2.75. The van der Waals surface area contributed by atoms with Crippen LogP contribution >= 0.6 is 276 Å². The summed E-state index contributed by atoms with van der Waals surface area (Å²) < 4.78 is 0. The van der Waals surface area contributed by atoms with Crippen LogP contribution in [0.1, 0.15) is 13.8 Å². The third-order valence-electron chi connectivity index (χ3n) is 3.53. The second kappa shape index (κ2) is 34.2. The van der Waals surface area contributed by atoms with Gasteiger partial charge in [0.2, 0.25) is 0 Å². The van der Waals surface area contributed by atoms with Gasteiger partial charge in [-0.15, -0.1) is 161 Å². The van der Waals surface area contributed by atoms with E-state index in [-0.39, 0.29) is 120 Å². The molecule has 0 aromatic heterocycles. The molecule has 0 saturated heterocycles. The first-order valence-corrected chi connectivity index (χ1v) is 68.1. The molecule has 0 N–H and O–H groups in total. The molecule has 0 aliphatic carbocycles. The Balaban J connectivity index is -0.000000662. The Bertz CT molecular complexity index is 568. The molecule has 26 atom stereocenters. The molecular weight excluding hydrogens is 1290 g/mol. The van der Waals surface area contributed by atoms with Gasteiger partial charge in [-0.1, -0.05) is 64.8 Å². The van der Waals surface area contributed by atoms with Crippen molar-refractivity contribution < 1.29 is 21.1 Å². The topological polar surface area (TPSA) is 0 Å². The summed E-state index contributed by atoms with van der Waals surface area (Å²) in [6.07, 6.45) is 0. The van der Waals surface area contributed by atoms with E-state index in [2.05, 4.69) is 175 Å². The molecule has 0 amide bonds. The summed E-state index contributed by atoms with van der Waals surface area (Å²) in [5.41, 5.74) is 0. The van der Waals surface area contributed by atoms with E-state index in [9.17, 15) is 0 Å². The first-order valence-electron chi connectivity index (χ1n) is 9.05. The van der Waals surface area contributed by atoms with Crippen LogP contribution in [0.3, 0.4) is 0 Å². The molecule has 39 heavy (non-hydrogen) atoms. The Labute approximate surface area is 317 Å². The minimum absolute atomic E-state index is 0. The first-order chi connectivity index (χ1) is 17.3. The van der Waals surface area contributed by atoms with Crippen LogP contribution in [-0.2, 0) is 21.1 Å². The van der Waals surface area contributed by atoms with Crippen molar-refractivity contribution in [1.29, 1.82) is 0 Å². The second-order valence-corrected chi connectivity index (χ2v) is 126. The Morgan fingerprint density at radius 1 is 0.410 bits per heavy atom. The molecule has 0 heterocycles. The van der Waals surface area contributed by atoms with Gasteiger partial charge in [-0.2, -0.15) is 43.0 Å². The molecule has 0 fully saturated rings. The molecule has 0 aromatic carbocycles. The summed E-state index contributed by atoms with van der Waals surface area (Å²) in [6.45, 7) is 5.36. The first kappa shape index (κ1) is 58.6. The molecule has 0 aromatic rings. The molecular formula is C4H44P34W. The molecule has 0 spiro atoms. The van der Waals surface area contributed by atoms with Crippen LogP contribution in [0.4, 0.5) is 0 Å². The average molecular weight is 1330 g/mol. The molecule has 0 nitrogen and oxygen atoms in total. The molecule has 0 radical (unpaired) electrons. The largest absolute Gasteiger partial charge is 2.00 e. The predicted octanol–water partition coefficient (Wildman–Crippen LogP) is 20.3. The monoisotopic (exact) mass is 1330 g/mol. The van der Waals surface area contributed by atoms with Gasteiger partial charge in [0, 0.05) is 0 Å². The van der Waals surface area contributed by atoms with E-state index in [0.717, 1.165) is 15.9 Å². The second-order valence-electron chi connectivity index (χ2n) is 6.12. The maximum absolute atomic E-state index is 3.23. The Morgan fingerprint density at radius 3 is 0.974 bits per heavy atom. The molecule has 0 bridgehead atoms. The molecule has 35 heteroatoms. The molecule has 0 rings (SSSR count). The third-order valence-corrected chi connectivity index (χ3v) is 162. The smallest absolute Gasteiger partial charge is 0.245 e. The maximum atomic E-state index is 3.23. The van der Waals surface area contributed by atoms with Gasteiger partial charge in [0.1, 0.15) is 0 Å². The van der Waals surface area contributed by atoms with E-state index in [1.54, 1.807) is 0 Å². The van der Waals surface area contributed by atoms with Crippen LogP contribution in [-0.4, -0.2) is 0 Å². The van der Waals surface area contributed by atoms with Crippen molar-refractivity contribution in [2.75, 3.05) is 0 Å². The van der Waals surface area contributed by atoms with Crippen LogP contribution in [0.5, 0.6) is 0 Å². The minimum Gasteiger partial charge on any atom is -0.245 e. The van der Waals surface area contributed by atoms with Gasteiger partial charge in [-0.25, -0.2) is 10.8 Å². The van der Waals surface area contributed by atoms with Crippen molar-refractivity contribution >= 4 is 276 Å². The van der Waals surface area contributed by atoms with Gasteiger partial charge in [-0.05, 0) is 21.0 Å². The zero-order valence-corrected chi connectivity index (χ0v) is 59.3. The van der Waals surface area contributed by atoms with E-state index in [1.165, 1.54) is 0 Å². The number of hydrogen-bond acceptors (Lipinski definition) is 0. The third kappa shape index (κ3) is 24.7. The molecule has 26 unspecified atom stereocenters. The van der Waals surface area contributed by atoms with Crippen molar-refractivity contribution in [3.8, 4) is 0 Å². The van der Waals surface area contributed by atoms with E-state index in [0.29, 0.717) is 0 Å². The summed E-state index contributed by atoms with van der Waals surface area (Å²) >= 11 is 0. The zero-order valence-electron chi connectivity index (χ0n) is 21.1. The van der Waals surface area contributed by atoms with Gasteiger partial charge in [0.15, 0.2) is 0 Å². The summed E-state index contributed by atoms with van der Waals surface area (Å²) in [7, 11) is 58.1. The van der Waals surface area contributed by atoms with Crippen LogP contribution in [0, 0.1) is 10.8 Å². The van der Waals surface area contributed by atoms with E-state index in [4.69, 9.17) is 0 Å². The van der Waals surface area contributed by atoms with Crippen LogP contribution in [0.15, 0.2) is 0 Å². The van der Waals surface area contributed by atoms with Gasteiger partial charge in [0.25, 0.3) is 0 Å². The van der Waals surface area contributed by atoms with Crippen molar-refractivity contribution in [1.82, 2.24) is 0 Å². The van der Waals surface area contributed by atoms with E-state index >= 15 is 0 Å². The summed E-state index contributed by atoms with van der Waals surface area (Å²) in [6, 6.07) is 0. The molecule has 0 saturated carbocycles. The maximum Gasteiger partial charge on any atom is 2.00 e. The van der Waals surface area contributed by atoms with Crippen LogP contribution in [0.25, 0.3) is 0 Å². The SMILES string of the molecule is C[C-](P(P(P)P)P(P)P(P)P)P(P(P)P)P(PP)P(P)P.C[C-](P(P(P)P)P(P)P)P(P(P)P)P(P)PP.[W+2]. The van der Waals surface area contributed by atoms with Crippen molar-refractivity contribution in [3.05, 3.63) is 10.8 Å². The minimum atomic E-state index is -0.0145. The molecule has 0 aliphatic rings. The quantitative estimate of drug-likeness (QED) is 0.107. The van der Waals surface area contributed by atoms with Gasteiger partial charge in [0.05, 0.1) is 0 Å². The zero-order chi connectivity index (χ0) is 30.7. The van der Waals surface area contributed by atoms with Gasteiger partial charge < -0.3 is 0 Å². The van der Waals surface area contributed by atoms with E-state index in [1.807, 2.05) is 10.8 Å². The standard InChI is InChI=1S/C2H24P19.C2H20P15.W/c1-2(14(16(4)5)20(12)18(8)9)15(17(6)7)21(13-3)19(10)11;1-2(12(14(4)5)15(6)7)13(16(8)9)17(10)11-3;/h13H,3-12H2,1H3;11H,3-10H2,1H3;/q2*-1;+2. The van der Waals surface area contributed by atoms with E-state index < -0.39 is 0 Å². The fourth-order valence-electron chi connectivity index (χ4n) is 2.24. The molecule has 236 valence electrons. The Hall–Kier alpha value is 15.3. The van der Waals surface area contributed by atoms with Crippen LogP contribution < -0.4 is 0 Å². The molecule has 0 aliphatic heterocycles. The van der Waals surface area contributed by atoms with Crippen LogP contribution in [0.2, 0.25) is 0 Å². The fourth-order valence-corrected chi connectivity index (χ4v) is 238. The van der Waals surface area contributed by atoms with Gasteiger partial charge >= 0.3 is 21.1 Å². The fraction of sp³-hybridized carbons (Fsp3) is 0.500.